The average Bonchev–Trinajstić information content (AvgIpc) is 2.29. The van der Waals surface area contributed by atoms with Crippen LogP contribution in [0.2, 0.25) is 0 Å². The van der Waals surface area contributed by atoms with Gasteiger partial charge in [-0.2, -0.15) is 0 Å². The minimum Gasteiger partial charge on any atom is -0.505 e. The number of carboxylic acid groups (broad SMARTS) is 1. The highest BCUT2D eigenvalue weighted by Crippen LogP contribution is 2.10. The molecule has 0 aliphatic heterocycles. The number of aliphatic hydroxyl groups is 1. The fraction of sp³-hybridized carbons (Fsp3) is 0.182. The van der Waals surface area contributed by atoms with Crippen LogP contribution in [-0.2, 0) is 9.53 Å². The Bertz CT molecular complexity index is 295. The van der Waals surface area contributed by atoms with E-state index in [9.17, 15) is 4.79 Å². The van der Waals surface area contributed by atoms with Gasteiger partial charge in [0, 0.05) is 0 Å². The maximum Gasteiger partial charge on any atom is 0.337 e. The number of ether oxygens (including phenoxy) is 1. The van der Waals surface area contributed by atoms with Gasteiger partial charge in [-0.15, -0.1) is 0 Å². The molecule has 0 fully saturated rings. The van der Waals surface area contributed by atoms with E-state index < -0.39 is 12.1 Å². The highest BCUT2D eigenvalue weighted by atomic mass is 16.5. The molecule has 1 rings (SSSR count). The number of aliphatic hydroxyl groups excluding tert-OH is 1. The number of methoxy groups -OCH3 is 1. The normalized spacial score (nSPS) is 10.5. The van der Waals surface area contributed by atoms with Crippen molar-refractivity contribution in [3.63, 3.8) is 0 Å². The fourth-order valence-electron chi connectivity index (χ4n) is 0.778. The van der Waals surface area contributed by atoms with Gasteiger partial charge >= 0.3 is 5.97 Å². The SMILES string of the molecule is C=COC.O=C(O)C(O)c1ccccc1. The number of hydrogen-bond acceptors (Lipinski definition) is 3. The molecule has 15 heavy (non-hydrogen) atoms. The minimum atomic E-state index is -1.41. The molecule has 0 bridgehead atoms. The van der Waals surface area contributed by atoms with Gasteiger partial charge in [0.15, 0.2) is 6.10 Å². The molecule has 4 heteroatoms. The van der Waals surface area contributed by atoms with E-state index in [0.717, 1.165) is 0 Å². The third kappa shape index (κ3) is 5.49. The highest BCUT2D eigenvalue weighted by molar-refractivity contribution is 5.73. The topological polar surface area (TPSA) is 66.8 Å². The third-order valence-electron chi connectivity index (χ3n) is 1.52. The summed E-state index contributed by atoms with van der Waals surface area (Å²) in [5, 5.41) is 17.4. The molecule has 1 aromatic rings. The Morgan fingerprint density at radius 2 is 1.93 bits per heavy atom. The maximum absolute atomic E-state index is 10.2. The van der Waals surface area contributed by atoms with Crippen molar-refractivity contribution in [1.82, 2.24) is 0 Å². The molecule has 1 unspecified atom stereocenters. The van der Waals surface area contributed by atoms with Crippen LogP contribution in [0.1, 0.15) is 11.7 Å². The van der Waals surface area contributed by atoms with Crippen LogP contribution in [0.3, 0.4) is 0 Å². The van der Waals surface area contributed by atoms with E-state index >= 15 is 0 Å². The van der Waals surface area contributed by atoms with Gasteiger partial charge in [-0.1, -0.05) is 36.9 Å². The molecule has 1 atom stereocenters. The second-order valence-corrected chi connectivity index (χ2v) is 2.55. The van der Waals surface area contributed by atoms with E-state index in [2.05, 4.69) is 11.3 Å². The lowest BCUT2D eigenvalue weighted by atomic mass is 10.1. The van der Waals surface area contributed by atoms with Gasteiger partial charge in [-0.25, -0.2) is 4.79 Å². The van der Waals surface area contributed by atoms with Gasteiger partial charge in [0.2, 0.25) is 0 Å². The Balaban J connectivity index is 0.000000423. The molecule has 0 aromatic heterocycles. The summed E-state index contributed by atoms with van der Waals surface area (Å²) in [7, 11) is 1.56. The first-order valence-corrected chi connectivity index (χ1v) is 4.23. The predicted molar refractivity (Wildman–Crippen MR) is 56.2 cm³/mol. The Kier molecular flexibility index (Phi) is 6.67. The fourth-order valence-corrected chi connectivity index (χ4v) is 0.778. The molecule has 0 heterocycles. The number of rotatable bonds is 3. The average molecular weight is 210 g/mol. The van der Waals surface area contributed by atoms with Crippen LogP contribution in [0, 0.1) is 0 Å². The van der Waals surface area contributed by atoms with Crippen molar-refractivity contribution >= 4 is 5.97 Å². The van der Waals surface area contributed by atoms with Gasteiger partial charge in [-0.05, 0) is 5.56 Å². The van der Waals surface area contributed by atoms with Crippen molar-refractivity contribution in [1.29, 1.82) is 0 Å². The molecule has 1 aromatic carbocycles. The van der Waals surface area contributed by atoms with E-state index in [1.807, 2.05) is 0 Å². The van der Waals surface area contributed by atoms with Crippen molar-refractivity contribution < 1.29 is 19.7 Å². The summed E-state index contributed by atoms with van der Waals surface area (Å²) in [6.07, 6.45) is -0.0313. The van der Waals surface area contributed by atoms with Gasteiger partial charge in [0.05, 0.1) is 13.4 Å². The van der Waals surface area contributed by atoms with Crippen molar-refractivity contribution in [3.05, 3.63) is 48.7 Å². The number of benzene rings is 1. The second kappa shape index (κ2) is 7.58. The first-order chi connectivity index (χ1) is 7.13. The summed E-state index contributed by atoms with van der Waals surface area (Å²) in [4.78, 5) is 10.2. The van der Waals surface area contributed by atoms with E-state index in [1.165, 1.54) is 6.26 Å². The Morgan fingerprint density at radius 1 is 1.47 bits per heavy atom. The first-order valence-electron chi connectivity index (χ1n) is 4.23. The summed E-state index contributed by atoms with van der Waals surface area (Å²) in [5.41, 5.74) is 0.403. The lowest BCUT2D eigenvalue weighted by Gasteiger charge is -2.03. The van der Waals surface area contributed by atoms with Crippen molar-refractivity contribution in [2.24, 2.45) is 0 Å². The van der Waals surface area contributed by atoms with E-state index in [-0.39, 0.29) is 0 Å². The number of carbonyl (C=O) groups is 1. The molecule has 0 spiro atoms. The van der Waals surface area contributed by atoms with Crippen LogP contribution in [0.4, 0.5) is 0 Å². The Morgan fingerprint density at radius 3 is 2.27 bits per heavy atom. The van der Waals surface area contributed by atoms with Crippen LogP contribution in [0.5, 0.6) is 0 Å². The van der Waals surface area contributed by atoms with Crippen molar-refractivity contribution in [2.45, 2.75) is 6.10 Å². The van der Waals surface area contributed by atoms with Gasteiger partial charge < -0.3 is 14.9 Å². The maximum atomic E-state index is 10.2. The molecule has 2 N–H and O–H groups in total. The molecule has 0 saturated carbocycles. The zero-order valence-corrected chi connectivity index (χ0v) is 8.46. The molecular weight excluding hydrogens is 196 g/mol. The molecule has 0 aliphatic carbocycles. The number of carboxylic acids is 1. The second-order valence-electron chi connectivity index (χ2n) is 2.55. The van der Waals surface area contributed by atoms with E-state index in [4.69, 9.17) is 10.2 Å². The summed E-state index contributed by atoms with van der Waals surface area (Å²) < 4.78 is 4.31. The van der Waals surface area contributed by atoms with Crippen LogP contribution in [0.25, 0.3) is 0 Å². The quantitative estimate of drug-likeness (QED) is 0.743. The summed E-state index contributed by atoms with van der Waals surface area (Å²) in [6, 6.07) is 8.26. The third-order valence-corrected chi connectivity index (χ3v) is 1.52. The molecular formula is C11H14O4. The molecule has 0 aliphatic rings. The van der Waals surface area contributed by atoms with Crippen LogP contribution < -0.4 is 0 Å². The van der Waals surface area contributed by atoms with Gasteiger partial charge in [0.1, 0.15) is 0 Å². The predicted octanol–water partition coefficient (Wildman–Crippen LogP) is 1.58. The largest absolute Gasteiger partial charge is 0.505 e. The smallest absolute Gasteiger partial charge is 0.337 e. The molecule has 0 radical (unpaired) electrons. The van der Waals surface area contributed by atoms with E-state index in [0.29, 0.717) is 5.56 Å². The number of aliphatic carboxylic acids is 1. The molecule has 0 amide bonds. The highest BCUT2D eigenvalue weighted by Gasteiger charge is 2.14. The van der Waals surface area contributed by atoms with Gasteiger partial charge in [0.25, 0.3) is 0 Å². The lowest BCUT2D eigenvalue weighted by Crippen LogP contribution is -2.09. The monoisotopic (exact) mass is 210 g/mol. The zero-order valence-electron chi connectivity index (χ0n) is 8.46. The lowest BCUT2D eigenvalue weighted by molar-refractivity contribution is -0.146. The van der Waals surface area contributed by atoms with Crippen molar-refractivity contribution in [3.8, 4) is 0 Å². The minimum absolute atomic E-state index is 0.403. The Hall–Kier alpha value is -1.81. The summed E-state index contributed by atoms with van der Waals surface area (Å²) in [5.74, 6) is -1.23. The van der Waals surface area contributed by atoms with Crippen LogP contribution in [-0.4, -0.2) is 23.3 Å². The number of hydrogen-bond donors (Lipinski definition) is 2. The Labute approximate surface area is 88.4 Å². The first kappa shape index (κ1) is 13.2. The standard InChI is InChI=1S/C8H8O3.C3H6O/c9-7(8(10)11)6-4-2-1-3-5-6;1-3-4-2/h1-5,7,9H,(H,10,11);3H,1H2,2H3. The van der Waals surface area contributed by atoms with Crippen LogP contribution >= 0.6 is 0 Å². The van der Waals surface area contributed by atoms with Gasteiger partial charge in [-0.3, -0.25) is 0 Å². The molecule has 0 saturated heterocycles. The summed E-state index contributed by atoms with van der Waals surface area (Å²) in [6.45, 7) is 3.26. The zero-order chi connectivity index (χ0) is 11.7. The van der Waals surface area contributed by atoms with Crippen molar-refractivity contribution in [2.75, 3.05) is 7.11 Å². The van der Waals surface area contributed by atoms with Crippen LogP contribution in [0.15, 0.2) is 43.2 Å². The molecule has 82 valence electrons. The van der Waals surface area contributed by atoms with E-state index in [1.54, 1.807) is 37.4 Å². The molecule has 4 nitrogen and oxygen atoms in total. The summed E-state index contributed by atoms with van der Waals surface area (Å²) >= 11 is 0.